The summed E-state index contributed by atoms with van der Waals surface area (Å²) < 4.78 is 13.8. The maximum atomic E-state index is 6.88. The fourth-order valence-electron chi connectivity index (χ4n) is 8.53. The van der Waals surface area contributed by atoms with Gasteiger partial charge in [0, 0.05) is 22.2 Å². The van der Waals surface area contributed by atoms with Gasteiger partial charge in [0.25, 0.3) is 0 Å². The van der Waals surface area contributed by atoms with Crippen molar-refractivity contribution in [2.24, 2.45) is 0 Å². The lowest BCUT2D eigenvalue weighted by molar-refractivity contribution is 0.579. The Morgan fingerprint density at radius 1 is 0.412 bits per heavy atom. The molecule has 0 saturated heterocycles. The maximum Gasteiger partial charge on any atom is 0.129 e. The molecule has 51 heavy (non-hydrogen) atoms. The molecule has 256 valence electrons. The minimum Gasteiger partial charge on any atom is -0.467 e. The van der Waals surface area contributed by atoms with Crippen LogP contribution in [-0.4, -0.2) is 24.2 Å². The van der Waals surface area contributed by atoms with E-state index in [0.29, 0.717) is 0 Å². The molecule has 2 unspecified atom stereocenters. The van der Waals surface area contributed by atoms with E-state index in [1.165, 1.54) is 55.7 Å². The van der Waals surface area contributed by atoms with E-state index in [2.05, 4.69) is 186 Å². The van der Waals surface area contributed by atoms with E-state index < -0.39 is 24.2 Å². The van der Waals surface area contributed by atoms with Crippen LogP contribution in [0, 0.1) is 0 Å². The van der Waals surface area contributed by atoms with Crippen LogP contribution in [0.3, 0.4) is 0 Å². The molecule has 0 N–H and O–H groups in total. The Bertz CT molecular complexity index is 2140. The first-order valence-electron chi connectivity index (χ1n) is 18.3. The summed E-state index contributed by atoms with van der Waals surface area (Å²) in [6.07, 6.45) is 4.94. The van der Waals surface area contributed by atoms with Gasteiger partial charge in [0.05, 0.1) is 18.8 Å². The number of hydrogen-bond acceptors (Lipinski definition) is 2. The number of hydrogen-bond donors (Lipinski definition) is 0. The smallest absolute Gasteiger partial charge is 0.129 e. The summed E-state index contributed by atoms with van der Waals surface area (Å²) in [6, 6.07) is 44.6. The topological polar surface area (TPSA) is 26.3 Å². The van der Waals surface area contributed by atoms with Gasteiger partial charge in [0.2, 0.25) is 0 Å². The highest BCUT2D eigenvalue weighted by atomic mass is 28.3. The fraction of sp³-hybridized carbons (Fsp3) is 0.217. The Balaban J connectivity index is 1.35. The maximum absolute atomic E-state index is 6.88. The molecule has 2 heterocycles. The average molecular weight is 717 g/mol. The summed E-state index contributed by atoms with van der Waals surface area (Å²) in [5.41, 5.74) is 13.6. The molecule has 2 nitrogen and oxygen atoms in total. The summed E-state index contributed by atoms with van der Waals surface area (Å²) >= 11 is 0. The van der Waals surface area contributed by atoms with E-state index in [1.54, 1.807) is 0 Å². The molecule has 0 radical (unpaired) electrons. The van der Waals surface area contributed by atoms with Gasteiger partial charge in [0.1, 0.15) is 27.7 Å². The molecule has 0 saturated carbocycles. The molecule has 2 aromatic heterocycles. The predicted octanol–water partition coefficient (Wildman–Crippen LogP) is 12.1. The molecule has 5 heteroatoms. The van der Waals surface area contributed by atoms with Crippen molar-refractivity contribution in [3.63, 3.8) is 0 Å². The summed E-state index contributed by atoms with van der Waals surface area (Å²) in [4.78, 5) is 0. The van der Waals surface area contributed by atoms with Gasteiger partial charge >= 0.3 is 0 Å². The van der Waals surface area contributed by atoms with Crippen LogP contribution in [0.4, 0.5) is 0 Å². The Kier molecular flexibility index (Phi) is 8.17. The van der Waals surface area contributed by atoms with Crippen LogP contribution in [0.25, 0.3) is 45.6 Å². The van der Waals surface area contributed by atoms with Crippen LogP contribution in [0.1, 0.15) is 44.9 Å². The van der Waals surface area contributed by atoms with Crippen molar-refractivity contribution in [3.05, 3.63) is 155 Å². The van der Waals surface area contributed by atoms with Crippen molar-refractivity contribution in [3.8, 4) is 22.3 Å². The molecule has 0 spiro atoms. The van der Waals surface area contributed by atoms with Gasteiger partial charge in [0.15, 0.2) is 0 Å². The van der Waals surface area contributed by atoms with Crippen molar-refractivity contribution in [2.75, 3.05) is 0 Å². The lowest BCUT2D eigenvalue weighted by Crippen LogP contribution is -2.42. The average Bonchev–Trinajstić information content (AvgIpc) is 3.92. The highest BCUT2D eigenvalue weighted by Crippen LogP contribution is 2.58. The largest absolute Gasteiger partial charge is 0.467 e. The van der Waals surface area contributed by atoms with Crippen molar-refractivity contribution < 1.29 is 8.83 Å². The molecule has 2 atom stereocenters. The zero-order valence-electron chi connectivity index (χ0n) is 31.2. The van der Waals surface area contributed by atoms with Crippen molar-refractivity contribution >= 4 is 58.3 Å². The number of rotatable bonds is 8. The fourth-order valence-corrected chi connectivity index (χ4v) is 15.0. The third kappa shape index (κ3) is 5.85. The Morgan fingerprint density at radius 3 is 1.16 bits per heavy atom. The normalized spacial score (nSPS) is 17.3. The summed E-state index contributed by atoms with van der Waals surface area (Å²) in [7, 11) is -5.70. The van der Waals surface area contributed by atoms with Crippen LogP contribution < -0.4 is 10.8 Å². The van der Waals surface area contributed by atoms with Gasteiger partial charge in [-0.3, -0.25) is 0 Å². The first kappa shape index (κ1) is 33.7. The second-order valence-corrected chi connectivity index (χ2v) is 31.8. The summed E-state index contributed by atoms with van der Waals surface area (Å²) in [5, 5.41) is 2.31. The van der Waals surface area contributed by atoms with E-state index in [-0.39, 0.29) is 11.1 Å². The van der Waals surface area contributed by atoms with Gasteiger partial charge in [-0.15, -0.1) is 0 Å². The molecular weight excluding hydrogens is 669 g/mol. The van der Waals surface area contributed by atoms with Crippen LogP contribution >= 0.6 is 0 Å². The quantitative estimate of drug-likeness (QED) is 0.147. The van der Waals surface area contributed by atoms with Gasteiger partial charge in [-0.25, -0.2) is 0 Å². The highest BCUT2D eigenvalue weighted by molar-refractivity contribution is 6.88. The number of fused-ring (bicyclic) bond motifs is 2. The van der Waals surface area contributed by atoms with E-state index in [0.717, 1.165) is 22.3 Å². The van der Waals surface area contributed by atoms with Crippen molar-refractivity contribution in [1.82, 2.24) is 0 Å². The number of allylic oxidation sites excluding steroid dienone is 2. The van der Waals surface area contributed by atoms with E-state index in [4.69, 9.17) is 8.83 Å². The molecule has 4 aromatic carbocycles. The number of furan rings is 2. The molecule has 0 bridgehead atoms. The Hall–Kier alpha value is -4.43. The number of benzene rings is 4. The Labute approximate surface area is 306 Å². The monoisotopic (exact) mass is 716 g/mol. The lowest BCUT2D eigenvalue weighted by atomic mass is 9.97. The van der Waals surface area contributed by atoms with E-state index in [1.807, 2.05) is 0 Å². The lowest BCUT2D eigenvalue weighted by Gasteiger charge is -2.39. The Morgan fingerprint density at radius 2 is 0.804 bits per heavy atom. The second-order valence-electron chi connectivity index (χ2n) is 17.1. The van der Waals surface area contributed by atoms with Crippen LogP contribution in [0.2, 0.25) is 52.4 Å². The van der Waals surface area contributed by atoms with Crippen LogP contribution in [0.5, 0.6) is 0 Å². The van der Waals surface area contributed by atoms with Crippen molar-refractivity contribution in [1.29, 1.82) is 0 Å². The molecule has 0 fully saturated rings. The van der Waals surface area contributed by atoms with Gasteiger partial charge in [-0.2, -0.15) is 0 Å². The molecule has 2 aliphatic rings. The second kappa shape index (κ2) is 12.4. The minimum absolute atomic E-state index is 0.211. The zero-order chi connectivity index (χ0) is 35.7. The predicted molar refractivity (Wildman–Crippen MR) is 226 cm³/mol. The third-order valence-corrected chi connectivity index (χ3v) is 18.8. The third-order valence-electron chi connectivity index (χ3n) is 11.0. The molecular formula is C46H48O2Si3. The molecule has 6 aromatic rings. The van der Waals surface area contributed by atoms with Gasteiger partial charge < -0.3 is 8.83 Å². The van der Waals surface area contributed by atoms with Gasteiger partial charge in [-0.1, -0.05) is 149 Å². The molecule has 0 amide bonds. The van der Waals surface area contributed by atoms with E-state index >= 15 is 0 Å². The van der Waals surface area contributed by atoms with Crippen LogP contribution in [-0.2, 0) is 0 Å². The molecule has 2 aliphatic carbocycles. The molecule has 0 aliphatic heterocycles. The molecule has 8 rings (SSSR count). The summed E-state index contributed by atoms with van der Waals surface area (Å²) in [5.74, 6) is 2.04. The minimum atomic E-state index is -2.39. The highest BCUT2D eigenvalue weighted by Gasteiger charge is 2.50. The first-order chi connectivity index (χ1) is 24.3. The zero-order valence-corrected chi connectivity index (χ0v) is 34.2. The van der Waals surface area contributed by atoms with E-state index in [9.17, 15) is 0 Å². The summed E-state index contributed by atoms with van der Waals surface area (Å²) in [6.45, 7) is 19.4. The van der Waals surface area contributed by atoms with Gasteiger partial charge in [-0.05, 0) is 80.9 Å². The SMILES string of the molecule is C[Si](C)(C)c1ccc(C2=Cc3c(-c4ccccc4)cccc3C2[Si](C)(C)C2C(c3ccc([Si](C)(C)C)o3)=Cc3c(-c4ccccc4)cccc32)o1. The van der Waals surface area contributed by atoms with Crippen molar-refractivity contribution in [2.45, 2.75) is 63.5 Å². The standard InChI is InChI=1S/C46H48O2Si3/c1-49(2,3)43-27-25-41(47-43)39-29-37-33(31-17-11-9-12-18-31)21-15-23-35(37)45(39)51(7,8)46-36-24-16-22-34(32-19-13-10-14-20-32)38(36)30-40(46)42-26-28-44(48-42)50(4,5)6/h9-30,45-46H,1-8H3. The van der Waals surface area contributed by atoms with Crippen LogP contribution in [0.15, 0.2) is 130 Å². The first-order valence-corrected chi connectivity index (χ1v) is 28.5.